The average molecular weight is 475 g/mol. The summed E-state index contributed by atoms with van der Waals surface area (Å²) < 4.78 is 2.06. The standard InChI is InChI=1S/C29H38N4O2/c1-21(2)17-32(18-22(3)4)28(35)20-33-26-13-9-8-12-25(26)30-29(33)24-16-27(34)31(19-24)15-14-23-10-6-5-7-11-23/h5-13,21-22,24H,14-20H2,1-4H3. The molecule has 0 radical (unpaired) electrons. The third-order valence-electron chi connectivity index (χ3n) is 6.59. The molecular formula is C29H38N4O2. The zero-order valence-electron chi connectivity index (χ0n) is 21.5. The van der Waals surface area contributed by atoms with Crippen LogP contribution in [0.2, 0.25) is 0 Å². The SMILES string of the molecule is CC(C)CN(CC(C)C)C(=O)Cn1c(C2CC(=O)N(CCc3ccccc3)C2)nc2ccccc21. The van der Waals surface area contributed by atoms with Crippen LogP contribution in [0.5, 0.6) is 0 Å². The second-order valence-electron chi connectivity index (χ2n) is 10.6. The van der Waals surface area contributed by atoms with E-state index in [2.05, 4.69) is 44.4 Å². The summed E-state index contributed by atoms with van der Waals surface area (Å²) in [6.45, 7) is 11.7. The van der Waals surface area contributed by atoms with Gasteiger partial charge < -0.3 is 14.4 Å². The summed E-state index contributed by atoms with van der Waals surface area (Å²) in [5.41, 5.74) is 3.07. The summed E-state index contributed by atoms with van der Waals surface area (Å²) in [7, 11) is 0. The van der Waals surface area contributed by atoms with Crippen molar-refractivity contribution in [3.05, 3.63) is 66.0 Å². The molecule has 1 aromatic heterocycles. The second kappa shape index (κ2) is 11.1. The molecule has 6 heteroatoms. The molecule has 0 N–H and O–H groups in total. The molecule has 6 nitrogen and oxygen atoms in total. The highest BCUT2D eigenvalue weighted by molar-refractivity contribution is 5.83. The van der Waals surface area contributed by atoms with Crippen molar-refractivity contribution in [1.29, 1.82) is 0 Å². The number of rotatable bonds is 10. The number of hydrogen-bond donors (Lipinski definition) is 0. The van der Waals surface area contributed by atoms with Gasteiger partial charge in [-0.05, 0) is 36.0 Å². The lowest BCUT2D eigenvalue weighted by atomic mass is 10.1. The van der Waals surface area contributed by atoms with Gasteiger partial charge in [0, 0.05) is 38.5 Å². The maximum atomic E-state index is 13.5. The number of carbonyl (C=O) groups is 2. The minimum Gasteiger partial charge on any atom is -0.342 e. The number of fused-ring (bicyclic) bond motifs is 1. The molecule has 0 spiro atoms. The molecule has 186 valence electrons. The molecule has 1 fully saturated rings. The Balaban J connectivity index is 1.55. The molecule has 0 saturated carbocycles. The van der Waals surface area contributed by atoms with Gasteiger partial charge in [0.2, 0.25) is 11.8 Å². The van der Waals surface area contributed by atoms with E-state index in [1.54, 1.807) is 0 Å². The normalized spacial score (nSPS) is 16.1. The predicted molar refractivity (Wildman–Crippen MR) is 140 cm³/mol. The van der Waals surface area contributed by atoms with Crippen LogP contribution < -0.4 is 0 Å². The van der Waals surface area contributed by atoms with E-state index in [0.717, 1.165) is 36.4 Å². The van der Waals surface area contributed by atoms with E-state index in [4.69, 9.17) is 4.98 Å². The Kier molecular flexibility index (Phi) is 7.89. The van der Waals surface area contributed by atoms with Gasteiger partial charge in [-0.3, -0.25) is 9.59 Å². The fourth-order valence-corrected chi connectivity index (χ4v) is 5.04. The molecule has 3 aromatic rings. The monoisotopic (exact) mass is 474 g/mol. The Morgan fingerprint density at radius 1 is 1.00 bits per heavy atom. The lowest BCUT2D eigenvalue weighted by molar-refractivity contribution is -0.133. The highest BCUT2D eigenvalue weighted by Crippen LogP contribution is 2.30. The first kappa shape index (κ1) is 25.0. The number of amides is 2. The van der Waals surface area contributed by atoms with Gasteiger partial charge in [0.1, 0.15) is 12.4 Å². The van der Waals surface area contributed by atoms with E-state index in [-0.39, 0.29) is 24.3 Å². The number of hydrogen-bond acceptors (Lipinski definition) is 3. The lowest BCUT2D eigenvalue weighted by Gasteiger charge is -2.27. The largest absolute Gasteiger partial charge is 0.342 e. The molecule has 1 unspecified atom stereocenters. The third kappa shape index (κ3) is 6.11. The van der Waals surface area contributed by atoms with Crippen molar-refractivity contribution in [2.24, 2.45) is 11.8 Å². The second-order valence-corrected chi connectivity index (χ2v) is 10.6. The summed E-state index contributed by atoms with van der Waals surface area (Å²) in [4.78, 5) is 35.2. The fourth-order valence-electron chi connectivity index (χ4n) is 5.04. The molecule has 0 bridgehead atoms. The van der Waals surface area contributed by atoms with Crippen LogP contribution in [0, 0.1) is 11.8 Å². The van der Waals surface area contributed by atoms with E-state index in [1.165, 1.54) is 5.56 Å². The highest BCUT2D eigenvalue weighted by Gasteiger charge is 2.34. The Bertz CT molecular complexity index is 1140. The minimum absolute atomic E-state index is 0.0119. The van der Waals surface area contributed by atoms with Gasteiger partial charge in [0.15, 0.2) is 0 Å². The summed E-state index contributed by atoms with van der Waals surface area (Å²) in [6.07, 6.45) is 1.28. The number of nitrogens with zero attached hydrogens (tertiary/aromatic N) is 4. The Hall–Kier alpha value is -3.15. The molecule has 1 aliphatic rings. The van der Waals surface area contributed by atoms with Crippen LogP contribution in [0.4, 0.5) is 0 Å². The number of carbonyl (C=O) groups excluding carboxylic acids is 2. The number of likely N-dealkylation sites (tertiary alicyclic amines) is 1. The molecular weight excluding hydrogens is 436 g/mol. The van der Waals surface area contributed by atoms with Crippen molar-refractivity contribution in [2.75, 3.05) is 26.2 Å². The van der Waals surface area contributed by atoms with Crippen LogP contribution in [0.1, 0.15) is 51.4 Å². The van der Waals surface area contributed by atoms with Crippen LogP contribution in [-0.4, -0.2) is 57.3 Å². The Morgan fingerprint density at radius 3 is 2.34 bits per heavy atom. The Morgan fingerprint density at radius 2 is 1.66 bits per heavy atom. The van der Waals surface area contributed by atoms with E-state index in [0.29, 0.717) is 31.3 Å². The van der Waals surface area contributed by atoms with Crippen molar-refractivity contribution in [3.8, 4) is 0 Å². The van der Waals surface area contributed by atoms with E-state index in [1.807, 2.05) is 52.3 Å². The molecule has 1 saturated heterocycles. The third-order valence-corrected chi connectivity index (χ3v) is 6.59. The van der Waals surface area contributed by atoms with Gasteiger partial charge in [0.25, 0.3) is 0 Å². The first-order valence-corrected chi connectivity index (χ1v) is 12.9. The summed E-state index contributed by atoms with van der Waals surface area (Å²) >= 11 is 0. The highest BCUT2D eigenvalue weighted by atomic mass is 16.2. The Labute approximate surface area is 208 Å². The number of imidazole rings is 1. The lowest BCUT2D eigenvalue weighted by Crippen LogP contribution is -2.39. The summed E-state index contributed by atoms with van der Waals surface area (Å²) in [6, 6.07) is 18.3. The van der Waals surface area contributed by atoms with Crippen LogP contribution >= 0.6 is 0 Å². The predicted octanol–water partition coefficient (Wildman–Crippen LogP) is 4.74. The van der Waals surface area contributed by atoms with Crippen LogP contribution in [0.25, 0.3) is 11.0 Å². The number of para-hydroxylation sites is 2. The number of aromatic nitrogens is 2. The maximum Gasteiger partial charge on any atom is 0.242 e. The first-order chi connectivity index (χ1) is 16.8. The quantitative estimate of drug-likeness (QED) is 0.427. The molecule has 4 rings (SSSR count). The molecule has 2 aromatic carbocycles. The number of benzene rings is 2. The maximum absolute atomic E-state index is 13.5. The van der Waals surface area contributed by atoms with Crippen LogP contribution in [-0.2, 0) is 22.6 Å². The van der Waals surface area contributed by atoms with Crippen molar-refractivity contribution in [1.82, 2.24) is 19.4 Å². The van der Waals surface area contributed by atoms with Crippen molar-refractivity contribution >= 4 is 22.8 Å². The van der Waals surface area contributed by atoms with E-state index >= 15 is 0 Å². The van der Waals surface area contributed by atoms with Crippen molar-refractivity contribution < 1.29 is 9.59 Å². The molecule has 2 heterocycles. The van der Waals surface area contributed by atoms with Gasteiger partial charge in [-0.1, -0.05) is 70.2 Å². The van der Waals surface area contributed by atoms with E-state index < -0.39 is 0 Å². The van der Waals surface area contributed by atoms with Gasteiger partial charge in [0.05, 0.1) is 11.0 Å². The molecule has 2 amide bonds. The van der Waals surface area contributed by atoms with E-state index in [9.17, 15) is 9.59 Å². The minimum atomic E-state index is -0.0119. The topological polar surface area (TPSA) is 58.4 Å². The zero-order chi connectivity index (χ0) is 24.9. The molecule has 1 atom stereocenters. The van der Waals surface area contributed by atoms with Gasteiger partial charge in [-0.15, -0.1) is 0 Å². The van der Waals surface area contributed by atoms with Crippen LogP contribution in [0.15, 0.2) is 54.6 Å². The van der Waals surface area contributed by atoms with Crippen LogP contribution in [0.3, 0.4) is 0 Å². The summed E-state index contributed by atoms with van der Waals surface area (Å²) in [5, 5.41) is 0. The summed E-state index contributed by atoms with van der Waals surface area (Å²) in [5.74, 6) is 1.93. The first-order valence-electron chi connectivity index (χ1n) is 12.9. The van der Waals surface area contributed by atoms with Gasteiger partial charge >= 0.3 is 0 Å². The fraction of sp³-hybridized carbons (Fsp3) is 0.483. The molecule has 35 heavy (non-hydrogen) atoms. The molecule has 1 aliphatic heterocycles. The van der Waals surface area contributed by atoms with Gasteiger partial charge in [-0.2, -0.15) is 0 Å². The molecule has 0 aliphatic carbocycles. The zero-order valence-corrected chi connectivity index (χ0v) is 21.5. The van der Waals surface area contributed by atoms with Gasteiger partial charge in [-0.25, -0.2) is 4.98 Å². The van der Waals surface area contributed by atoms with Crippen molar-refractivity contribution in [3.63, 3.8) is 0 Å². The average Bonchev–Trinajstić information content (AvgIpc) is 3.37. The van der Waals surface area contributed by atoms with Crippen molar-refractivity contribution in [2.45, 2.75) is 53.0 Å². The smallest absolute Gasteiger partial charge is 0.242 e.